The van der Waals surface area contributed by atoms with E-state index < -0.39 is 0 Å². The van der Waals surface area contributed by atoms with Crippen LogP contribution in [0.3, 0.4) is 0 Å². The molecule has 0 unspecified atom stereocenters. The number of nitrogens with one attached hydrogen (secondary N) is 1. The molecule has 1 rings (SSSR count). The Morgan fingerprint density at radius 3 is 2.95 bits per heavy atom. The lowest BCUT2D eigenvalue weighted by atomic mass is 10.1. The number of rotatable bonds is 6. The monoisotopic (exact) mass is 260 g/mol. The van der Waals surface area contributed by atoms with Gasteiger partial charge in [-0.3, -0.25) is 4.79 Å². The van der Waals surface area contributed by atoms with Crippen LogP contribution in [0, 0.1) is 11.8 Å². The van der Waals surface area contributed by atoms with Crippen molar-refractivity contribution in [3.8, 4) is 11.8 Å². The highest BCUT2D eigenvalue weighted by molar-refractivity contribution is 5.76. The minimum Gasteiger partial charge on any atom is -0.381 e. The molecule has 0 aliphatic heterocycles. The molecule has 0 aliphatic rings. The number of ether oxygens (including phenoxy) is 1. The molecule has 0 saturated carbocycles. The Hall–Kier alpha value is -1.83. The summed E-state index contributed by atoms with van der Waals surface area (Å²) in [6.07, 6.45) is 0.379. The maximum absolute atomic E-state index is 11.6. The van der Waals surface area contributed by atoms with Gasteiger partial charge in [-0.2, -0.15) is 0 Å². The first-order valence-corrected chi connectivity index (χ1v) is 6.39. The molecule has 4 nitrogen and oxygen atoms in total. The maximum atomic E-state index is 11.6. The molecule has 102 valence electrons. The predicted octanol–water partition coefficient (Wildman–Crippen LogP) is 1.04. The Labute approximate surface area is 114 Å². The summed E-state index contributed by atoms with van der Waals surface area (Å²) in [5.74, 6) is 5.80. The summed E-state index contributed by atoms with van der Waals surface area (Å²) in [6, 6.07) is 7.71. The molecule has 0 radical (unpaired) electrons. The van der Waals surface area contributed by atoms with E-state index >= 15 is 0 Å². The predicted molar refractivity (Wildman–Crippen MR) is 75.3 cm³/mol. The van der Waals surface area contributed by atoms with E-state index in [0.717, 1.165) is 11.1 Å². The van der Waals surface area contributed by atoms with E-state index in [0.29, 0.717) is 32.7 Å². The van der Waals surface area contributed by atoms with Crippen LogP contribution in [0.5, 0.6) is 0 Å². The number of carbonyl (C=O) groups excluding carboxylic acids is 1. The van der Waals surface area contributed by atoms with Gasteiger partial charge in [0.1, 0.15) is 0 Å². The fourth-order valence-corrected chi connectivity index (χ4v) is 1.53. The van der Waals surface area contributed by atoms with Gasteiger partial charge in [-0.25, -0.2) is 0 Å². The summed E-state index contributed by atoms with van der Waals surface area (Å²) >= 11 is 0. The molecule has 0 spiro atoms. The molecular formula is C15H20N2O2. The lowest BCUT2D eigenvalue weighted by molar-refractivity contribution is -0.122. The van der Waals surface area contributed by atoms with E-state index in [4.69, 9.17) is 10.5 Å². The second-order valence-corrected chi connectivity index (χ2v) is 3.89. The first-order chi connectivity index (χ1) is 9.27. The number of hydrogen-bond acceptors (Lipinski definition) is 3. The zero-order chi connectivity index (χ0) is 13.9. The molecule has 0 heterocycles. The minimum absolute atomic E-state index is 0.0185. The second-order valence-electron chi connectivity index (χ2n) is 3.89. The first kappa shape index (κ1) is 15.2. The van der Waals surface area contributed by atoms with Crippen LogP contribution in [-0.4, -0.2) is 25.7 Å². The summed E-state index contributed by atoms with van der Waals surface area (Å²) < 4.78 is 5.14. The maximum Gasteiger partial charge on any atom is 0.222 e. The molecule has 4 heteroatoms. The zero-order valence-electron chi connectivity index (χ0n) is 11.2. The zero-order valence-corrected chi connectivity index (χ0v) is 11.2. The molecule has 1 aromatic carbocycles. The van der Waals surface area contributed by atoms with Crippen LogP contribution in [0.25, 0.3) is 0 Å². The Bertz CT molecular complexity index is 461. The van der Waals surface area contributed by atoms with Gasteiger partial charge in [0, 0.05) is 25.1 Å². The summed E-state index contributed by atoms with van der Waals surface area (Å²) in [5, 5.41) is 2.86. The summed E-state index contributed by atoms with van der Waals surface area (Å²) in [7, 11) is 0. The molecule has 0 saturated heterocycles. The molecule has 19 heavy (non-hydrogen) atoms. The van der Waals surface area contributed by atoms with Crippen molar-refractivity contribution in [2.24, 2.45) is 5.73 Å². The van der Waals surface area contributed by atoms with Gasteiger partial charge in [-0.05, 0) is 18.6 Å². The van der Waals surface area contributed by atoms with Crippen LogP contribution in [0.1, 0.15) is 24.5 Å². The van der Waals surface area contributed by atoms with Crippen molar-refractivity contribution >= 4 is 5.91 Å². The van der Waals surface area contributed by atoms with Gasteiger partial charge in [0.15, 0.2) is 0 Å². The average Bonchev–Trinajstić information content (AvgIpc) is 2.44. The number of amides is 1. The first-order valence-electron chi connectivity index (χ1n) is 6.39. The topological polar surface area (TPSA) is 64.3 Å². The van der Waals surface area contributed by atoms with Crippen molar-refractivity contribution in [3.63, 3.8) is 0 Å². The normalized spacial score (nSPS) is 9.58. The highest BCUT2D eigenvalue weighted by Crippen LogP contribution is 2.06. The Kier molecular flexibility index (Phi) is 7.33. The summed E-state index contributed by atoms with van der Waals surface area (Å²) in [5.41, 5.74) is 7.25. The average molecular weight is 260 g/mol. The summed E-state index contributed by atoms with van der Waals surface area (Å²) in [6.45, 7) is 3.79. The number of nitrogens with two attached hydrogens (primary N) is 1. The third kappa shape index (κ3) is 6.05. The fraction of sp³-hybridized carbons (Fsp3) is 0.400. The van der Waals surface area contributed by atoms with Crippen LogP contribution in [-0.2, 0) is 16.1 Å². The Balaban J connectivity index is 2.50. The Morgan fingerprint density at radius 2 is 2.21 bits per heavy atom. The van der Waals surface area contributed by atoms with E-state index in [9.17, 15) is 4.79 Å². The van der Waals surface area contributed by atoms with Crippen molar-refractivity contribution in [1.82, 2.24) is 5.32 Å². The molecule has 0 atom stereocenters. The molecule has 0 bridgehead atoms. The molecular weight excluding hydrogens is 240 g/mol. The molecule has 0 aliphatic carbocycles. The number of hydrogen-bond donors (Lipinski definition) is 2. The highest BCUT2D eigenvalue weighted by atomic mass is 16.5. The van der Waals surface area contributed by atoms with E-state index in [1.165, 1.54) is 0 Å². The van der Waals surface area contributed by atoms with Crippen LogP contribution >= 0.6 is 0 Å². The molecule has 0 fully saturated rings. The second kappa shape index (κ2) is 9.15. The number of benzene rings is 1. The SMILES string of the molecule is CCOCCC(=O)NCc1ccccc1C#CCN. The largest absolute Gasteiger partial charge is 0.381 e. The van der Waals surface area contributed by atoms with Crippen molar-refractivity contribution in [2.75, 3.05) is 19.8 Å². The Morgan fingerprint density at radius 1 is 1.42 bits per heavy atom. The van der Waals surface area contributed by atoms with Crippen molar-refractivity contribution in [1.29, 1.82) is 0 Å². The van der Waals surface area contributed by atoms with Crippen LogP contribution < -0.4 is 11.1 Å². The van der Waals surface area contributed by atoms with Crippen molar-refractivity contribution in [3.05, 3.63) is 35.4 Å². The van der Waals surface area contributed by atoms with Crippen molar-refractivity contribution < 1.29 is 9.53 Å². The van der Waals surface area contributed by atoms with Crippen LogP contribution in [0.15, 0.2) is 24.3 Å². The smallest absolute Gasteiger partial charge is 0.222 e. The molecule has 1 aromatic rings. The molecule has 3 N–H and O–H groups in total. The van der Waals surface area contributed by atoms with Gasteiger partial charge in [0.05, 0.1) is 13.2 Å². The van der Waals surface area contributed by atoms with Gasteiger partial charge >= 0.3 is 0 Å². The van der Waals surface area contributed by atoms with E-state index in [-0.39, 0.29) is 5.91 Å². The van der Waals surface area contributed by atoms with Crippen LogP contribution in [0.2, 0.25) is 0 Å². The standard InChI is InChI=1S/C15H20N2O2/c1-2-19-11-9-15(18)17-12-14-7-4-3-6-13(14)8-5-10-16/h3-4,6-7H,2,9-12,16H2,1H3,(H,17,18). The van der Waals surface area contributed by atoms with Gasteiger partial charge < -0.3 is 15.8 Å². The highest BCUT2D eigenvalue weighted by Gasteiger charge is 2.03. The number of carbonyl (C=O) groups is 1. The van der Waals surface area contributed by atoms with Gasteiger partial charge in [-0.1, -0.05) is 30.0 Å². The third-order valence-electron chi connectivity index (χ3n) is 2.50. The van der Waals surface area contributed by atoms with Crippen LogP contribution in [0.4, 0.5) is 0 Å². The van der Waals surface area contributed by atoms with E-state index in [1.807, 2.05) is 31.2 Å². The fourth-order valence-electron chi connectivity index (χ4n) is 1.53. The van der Waals surface area contributed by atoms with Gasteiger partial charge in [-0.15, -0.1) is 0 Å². The lowest BCUT2D eigenvalue weighted by Gasteiger charge is -2.07. The lowest BCUT2D eigenvalue weighted by Crippen LogP contribution is -2.24. The van der Waals surface area contributed by atoms with Gasteiger partial charge in [0.25, 0.3) is 0 Å². The van der Waals surface area contributed by atoms with Gasteiger partial charge in [0.2, 0.25) is 5.91 Å². The molecule has 0 aromatic heterocycles. The van der Waals surface area contributed by atoms with E-state index in [2.05, 4.69) is 17.2 Å². The third-order valence-corrected chi connectivity index (χ3v) is 2.50. The summed E-state index contributed by atoms with van der Waals surface area (Å²) in [4.78, 5) is 11.6. The molecule has 1 amide bonds. The quantitative estimate of drug-likeness (QED) is 0.593. The van der Waals surface area contributed by atoms with E-state index in [1.54, 1.807) is 0 Å². The minimum atomic E-state index is -0.0185. The van der Waals surface area contributed by atoms with Crippen molar-refractivity contribution in [2.45, 2.75) is 19.9 Å².